The maximum atomic E-state index is 12.9. The number of benzene rings is 2. The smallest absolute Gasteiger partial charge is 0.256 e. The predicted molar refractivity (Wildman–Crippen MR) is 121 cm³/mol. The number of hydrogen-bond acceptors (Lipinski definition) is 5. The minimum Gasteiger partial charge on any atom is -0.351 e. The van der Waals surface area contributed by atoms with E-state index >= 15 is 0 Å². The number of para-hydroxylation sites is 1. The lowest BCUT2D eigenvalue weighted by molar-refractivity contribution is 0.0954. The topological polar surface area (TPSA) is 92.7 Å². The fraction of sp³-hybridized carbons (Fsp3) is 0.217. The molecule has 1 aliphatic rings. The zero-order valence-corrected chi connectivity index (χ0v) is 17.6. The molecule has 2 aromatic heterocycles. The number of nitrogens with zero attached hydrogens (tertiary/aromatic N) is 3. The second kappa shape index (κ2) is 8.39. The van der Waals surface area contributed by atoms with Crippen LogP contribution < -0.4 is 10.7 Å². The van der Waals surface area contributed by atoms with Gasteiger partial charge < -0.3 is 9.88 Å². The molecule has 1 amide bonds. The summed E-state index contributed by atoms with van der Waals surface area (Å²) >= 11 is 1.45. The van der Waals surface area contributed by atoms with Crippen molar-refractivity contribution in [2.75, 3.05) is 12.3 Å². The number of rotatable bonds is 6. The Kier molecular flexibility index (Phi) is 5.30. The third-order valence-electron chi connectivity index (χ3n) is 5.40. The normalized spacial score (nSPS) is 12.8. The minimum absolute atomic E-state index is 0.195. The first-order chi connectivity index (χ1) is 15.2. The molecule has 8 heteroatoms. The molecule has 7 nitrogen and oxygen atoms in total. The number of H-pyrrole nitrogens is 1. The van der Waals surface area contributed by atoms with Crippen LogP contribution in [0.25, 0.3) is 22.3 Å². The van der Waals surface area contributed by atoms with Gasteiger partial charge in [-0.3, -0.25) is 14.7 Å². The number of carbonyl (C=O) groups is 1. The van der Waals surface area contributed by atoms with Crippen molar-refractivity contribution < 1.29 is 4.79 Å². The van der Waals surface area contributed by atoms with Crippen LogP contribution in [0.1, 0.15) is 22.3 Å². The Bertz CT molecular complexity index is 1310. The third-order valence-corrected chi connectivity index (χ3v) is 6.25. The maximum Gasteiger partial charge on any atom is 0.256 e. The lowest BCUT2D eigenvalue weighted by Crippen LogP contribution is -2.32. The standard InChI is InChI=1S/C23H21N5O2S/c29-20-17-10-4-8-15-9-5-12-28(19(15)17)14-18(20)22(30)24-11-13-31-23-25-21(26-27-23)16-6-2-1-3-7-16/h1-4,6-8,10,14H,5,9,11-13H2,(H,24,30)(H,25,26,27). The van der Waals surface area contributed by atoms with Crippen molar-refractivity contribution >= 4 is 28.6 Å². The number of aromatic amines is 1. The predicted octanol–water partition coefficient (Wildman–Crippen LogP) is 3.25. The van der Waals surface area contributed by atoms with E-state index in [0.29, 0.717) is 28.7 Å². The van der Waals surface area contributed by atoms with Crippen molar-refractivity contribution in [3.63, 3.8) is 0 Å². The van der Waals surface area contributed by atoms with Crippen molar-refractivity contribution in [3.05, 3.63) is 76.1 Å². The average Bonchev–Trinajstić information content (AvgIpc) is 3.28. The lowest BCUT2D eigenvalue weighted by atomic mass is 10.00. The van der Waals surface area contributed by atoms with Crippen LogP contribution in [0.4, 0.5) is 0 Å². The molecular weight excluding hydrogens is 410 g/mol. The monoisotopic (exact) mass is 431 g/mol. The van der Waals surface area contributed by atoms with Gasteiger partial charge in [-0.2, -0.15) is 0 Å². The van der Waals surface area contributed by atoms with Crippen molar-refractivity contribution in [3.8, 4) is 11.4 Å². The third kappa shape index (κ3) is 3.86. The van der Waals surface area contributed by atoms with Crippen LogP contribution in [0, 0.1) is 0 Å². The Labute approximate surface area is 182 Å². The van der Waals surface area contributed by atoms with Crippen LogP contribution in [-0.4, -0.2) is 38.0 Å². The minimum atomic E-state index is -0.341. The fourth-order valence-corrected chi connectivity index (χ4v) is 4.61. The summed E-state index contributed by atoms with van der Waals surface area (Å²) in [6, 6.07) is 15.5. The van der Waals surface area contributed by atoms with E-state index < -0.39 is 0 Å². The second-order valence-electron chi connectivity index (χ2n) is 7.42. The number of amides is 1. The number of aryl methyl sites for hydroxylation is 2. The molecule has 0 atom stereocenters. The summed E-state index contributed by atoms with van der Waals surface area (Å²) in [6.07, 6.45) is 3.68. The number of aromatic nitrogens is 4. The van der Waals surface area contributed by atoms with E-state index in [9.17, 15) is 9.59 Å². The zero-order valence-electron chi connectivity index (χ0n) is 16.8. The summed E-state index contributed by atoms with van der Waals surface area (Å²) in [5.74, 6) is 0.973. The van der Waals surface area contributed by atoms with Gasteiger partial charge in [-0.1, -0.05) is 54.2 Å². The zero-order chi connectivity index (χ0) is 21.2. The van der Waals surface area contributed by atoms with Crippen LogP contribution in [0.15, 0.2) is 64.7 Å². The van der Waals surface area contributed by atoms with Crippen LogP contribution >= 0.6 is 11.8 Å². The Balaban J connectivity index is 1.24. The first-order valence-electron chi connectivity index (χ1n) is 10.2. The molecule has 0 saturated carbocycles. The summed E-state index contributed by atoms with van der Waals surface area (Å²) in [5.41, 5.74) is 3.09. The van der Waals surface area contributed by atoms with E-state index in [1.165, 1.54) is 17.3 Å². The van der Waals surface area contributed by atoms with E-state index in [-0.39, 0.29) is 16.9 Å². The SMILES string of the molecule is O=C(NCCSc1n[nH]c(-c2ccccc2)n1)c1cn2c3c(cccc3c1=O)CCC2. The van der Waals surface area contributed by atoms with Crippen molar-refractivity contribution in [1.82, 2.24) is 25.1 Å². The molecule has 1 aliphatic heterocycles. The number of pyridine rings is 1. The molecule has 4 aromatic rings. The van der Waals surface area contributed by atoms with Crippen molar-refractivity contribution in [2.45, 2.75) is 24.5 Å². The molecule has 0 spiro atoms. The van der Waals surface area contributed by atoms with Gasteiger partial charge >= 0.3 is 0 Å². The molecule has 0 unspecified atom stereocenters. The van der Waals surface area contributed by atoms with Gasteiger partial charge in [0, 0.05) is 36.0 Å². The Morgan fingerprint density at radius 1 is 1.16 bits per heavy atom. The molecule has 0 aliphatic carbocycles. The van der Waals surface area contributed by atoms with Gasteiger partial charge in [-0.25, -0.2) is 4.98 Å². The van der Waals surface area contributed by atoms with E-state index in [1.54, 1.807) is 6.20 Å². The summed E-state index contributed by atoms with van der Waals surface area (Å²) in [7, 11) is 0. The highest BCUT2D eigenvalue weighted by molar-refractivity contribution is 7.99. The second-order valence-corrected chi connectivity index (χ2v) is 8.48. The lowest BCUT2D eigenvalue weighted by Gasteiger charge is -2.20. The van der Waals surface area contributed by atoms with Crippen LogP contribution in [-0.2, 0) is 13.0 Å². The van der Waals surface area contributed by atoms with Gasteiger partial charge in [0.05, 0.1) is 5.52 Å². The maximum absolute atomic E-state index is 12.9. The van der Waals surface area contributed by atoms with Gasteiger partial charge in [0.25, 0.3) is 5.91 Å². The van der Waals surface area contributed by atoms with E-state index in [2.05, 4.69) is 26.6 Å². The molecule has 3 heterocycles. The number of nitrogens with one attached hydrogen (secondary N) is 2. The molecule has 5 rings (SSSR count). The molecule has 31 heavy (non-hydrogen) atoms. The number of hydrogen-bond donors (Lipinski definition) is 2. The van der Waals surface area contributed by atoms with Crippen molar-refractivity contribution in [2.24, 2.45) is 0 Å². The van der Waals surface area contributed by atoms with E-state index in [4.69, 9.17) is 0 Å². The van der Waals surface area contributed by atoms with Crippen LogP contribution in [0.2, 0.25) is 0 Å². The molecule has 2 aromatic carbocycles. The molecular formula is C23H21N5O2S. The Morgan fingerprint density at radius 3 is 2.90 bits per heavy atom. The Morgan fingerprint density at radius 2 is 2.03 bits per heavy atom. The van der Waals surface area contributed by atoms with Gasteiger partial charge in [-0.05, 0) is 24.5 Å². The summed E-state index contributed by atoms with van der Waals surface area (Å²) in [5, 5.41) is 11.2. The van der Waals surface area contributed by atoms with Crippen LogP contribution in [0.3, 0.4) is 0 Å². The van der Waals surface area contributed by atoms with Gasteiger partial charge in [0.15, 0.2) is 5.82 Å². The van der Waals surface area contributed by atoms with Gasteiger partial charge in [-0.15, -0.1) is 5.10 Å². The summed E-state index contributed by atoms with van der Waals surface area (Å²) in [4.78, 5) is 30.1. The summed E-state index contributed by atoms with van der Waals surface area (Å²) in [6.45, 7) is 1.23. The van der Waals surface area contributed by atoms with Gasteiger partial charge in [0.1, 0.15) is 5.56 Å². The summed E-state index contributed by atoms with van der Waals surface area (Å²) < 4.78 is 2.04. The molecule has 156 valence electrons. The molecule has 0 bridgehead atoms. The highest BCUT2D eigenvalue weighted by atomic mass is 32.2. The molecule has 2 N–H and O–H groups in total. The van der Waals surface area contributed by atoms with E-state index in [0.717, 1.165) is 30.5 Å². The molecule has 0 saturated heterocycles. The largest absolute Gasteiger partial charge is 0.351 e. The first kappa shape index (κ1) is 19.6. The number of carbonyl (C=O) groups excluding carboxylic acids is 1. The van der Waals surface area contributed by atoms with Crippen molar-refractivity contribution in [1.29, 1.82) is 0 Å². The number of thioether (sulfide) groups is 1. The van der Waals surface area contributed by atoms with E-state index in [1.807, 2.05) is 47.0 Å². The average molecular weight is 432 g/mol. The first-order valence-corrected chi connectivity index (χ1v) is 11.2. The van der Waals surface area contributed by atoms with Gasteiger partial charge in [0.2, 0.25) is 10.6 Å². The molecule has 0 radical (unpaired) electrons. The Hall–Kier alpha value is -3.39. The highest BCUT2D eigenvalue weighted by Gasteiger charge is 2.19. The van der Waals surface area contributed by atoms with Crippen LogP contribution in [0.5, 0.6) is 0 Å². The highest BCUT2D eigenvalue weighted by Crippen LogP contribution is 2.23. The quantitative estimate of drug-likeness (QED) is 0.361. The fourth-order valence-electron chi connectivity index (χ4n) is 3.96. The molecule has 0 fully saturated rings.